The summed E-state index contributed by atoms with van der Waals surface area (Å²) < 4.78 is 0. The molecular formula is C17H28N2O2. The molecule has 0 saturated heterocycles. The van der Waals surface area contributed by atoms with Gasteiger partial charge in [-0.25, -0.2) is 0 Å². The van der Waals surface area contributed by atoms with Crippen molar-refractivity contribution in [1.29, 1.82) is 0 Å². The highest BCUT2D eigenvalue weighted by atomic mass is 16.3. The van der Waals surface area contributed by atoms with Crippen LogP contribution >= 0.6 is 0 Å². The monoisotopic (exact) mass is 292 g/mol. The quantitative estimate of drug-likeness (QED) is 0.875. The Balaban J connectivity index is 2.99. The Morgan fingerprint density at radius 3 is 2.48 bits per heavy atom. The van der Waals surface area contributed by atoms with E-state index in [1.54, 1.807) is 11.9 Å². The molecule has 0 spiro atoms. The van der Waals surface area contributed by atoms with Crippen LogP contribution in [0.4, 0.5) is 0 Å². The lowest BCUT2D eigenvalue weighted by atomic mass is 9.83. The third-order valence-corrected chi connectivity index (χ3v) is 3.61. The first-order chi connectivity index (χ1) is 9.66. The molecule has 2 N–H and O–H groups in total. The third kappa shape index (κ3) is 4.74. The zero-order valence-corrected chi connectivity index (χ0v) is 14.1. The molecule has 4 heteroatoms. The van der Waals surface area contributed by atoms with Gasteiger partial charge in [-0.05, 0) is 24.9 Å². The van der Waals surface area contributed by atoms with Crippen molar-refractivity contribution in [2.45, 2.75) is 39.5 Å². The van der Waals surface area contributed by atoms with Crippen molar-refractivity contribution in [3.63, 3.8) is 0 Å². The summed E-state index contributed by atoms with van der Waals surface area (Å²) in [6, 6.07) is 3.89. The fraction of sp³-hybridized carbons (Fsp3) is 0.588. The number of aromatic hydroxyl groups is 1. The van der Waals surface area contributed by atoms with Gasteiger partial charge in [0.2, 0.25) is 5.91 Å². The molecule has 0 saturated carbocycles. The molecule has 0 aliphatic carbocycles. The first kappa shape index (κ1) is 17.5. The lowest BCUT2D eigenvalue weighted by molar-refractivity contribution is -0.129. The van der Waals surface area contributed by atoms with Crippen LogP contribution in [0.5, 0.6) is 5.75 Å². The van der Waals surface area contributed by atoms with Gasteiger partial charge in [0.25, 0.3) is 0 Å². The lowest BCUT2D eigenvalue weighted by Crippen LogP contribution is -2.33. The molecule has 1 rings (SSSR count). The number of nitrogens with one attached hydrogen (secondary N) is 1. The number of carbonyl (C=O) groups is 1. The molecule has 0 unspecified atom stereocenters. The standard InChI is InChI=1S/C17H28N2O2/c1-12-9-13(11-15(20)19(6)8-7-18-5)16(21)14(10-12)17(2,3)4/h9-10,18,21H,7-8,11H2,1-6H3. The number of aryl methyl sites for hydroxylation is 1. The molecular weight excluding hydrogens is 264 g/mol. The molecule has 1 amide bonds. The van der Waals surface area contributed by atoms with Gasteiger partial charge in [-0.2, -0.15) is 0 Å². The van der Waals surface area contributed by atoms with Crippen molar-refractivity contribution in [3.8, 4) is 5.75 Å². The smallest absolute Gasteiger partial charge is 0.226 e. The van der Waals surface area contributed by atoms with E-state index in [2.05, 4.69) is 26.1 Å². The molecule has 4 nitrogen and oxygen atoms in total. The molecule has 0 aliphatic rings. The summed E-state index contributed by atoms with van der Waals surface area (Å²) in [6.07, 6.45) is 0.233. The maximum Gasteiger partial charge on any atom is 0.226 e. The number of phenolic OH excluding ortho intramolecular Hbond substituents is 1. The Bertz CT molecular complexity index is 504. The highest BCUT2D eigenvalue weighted by Gasteiger charge is 2.22. The average Bonchev–Trinajstić information content (AvgIpc) is 2.38. The minimum atomic E-state index is -0.147. The van der Waals surface area contributed by atoms with Crippen molar-refractivity contribution in [2.75, 3.05) is 27.2 Å². The van der Waals surface area contributed by atoms with Crippen molar-refractivity contribution in [1.82, 2.24) is 10.2 Å². The molecule has 21 heavy (non-hydrogen) atoms. The Labute approximate surface area is 128 Å². The number of benzene rings is 1. The van der Waals surface area contributed by atoms with E-state index in [0.29, 0.717) is 12.1 Å². The van der Waals surface area contributed by atoms with Crippen LogP contribution in [0.25, 0.3) is 0 Å². The minimum Gasteiger partial charge on any atom is -0.507 e. The van der Waals surface area contributed by atoms with Crippen LogP contribution in [0.1, 0.15) is 37.5 Å². The highest BCUT2D eigenvalue weighted by Crippen LogP contribution is 2.34. The minimum absolute atomic E-state index is 0.0195. The first-order valence-corrected chi connectivity index (χ1v) is 7.38. The molecule has 0 fully saturated rings. The van der Waals surface area contributed by atoms with E-state index in [1.807, 2.05) is 26.1 Å². The van der Waals surface area contributed by atoms with Gasteiger partial charge >= 0.3 is 0 Å². The average molecular weight is 292 g/mol. The van der Waals surface area contributed by atoms with Crippen molar-refractivity contribution in [3.05, 3.63) is 28.8 Å². The normalized spacial score (nSPS) is 11.5. The van der Waals surface area contributed by atoms with E-state index in [0.717, 1.165) is 17.7 Å². The zero-order valence-electron chi connectivity index (χ0n) is 14.1. The number of carbonyl (C=O) groups excluding carboxylic acids is 1. The molecule has 0 aromatic heterocycles. The van der Waals surface area contributed by atoms with Crippen LogP contribution < -0.4 is 5.32 Å². The molecule has 1 aromatic rings. The van der Waals surface area contributed by atoms with Crippen molar-refractivity contribution >= 4 is 5.91 Å². The molecule has 118 valence electrons. The van der Waals surface area contributed by atoms with Crippen LogP contribution in [0, 0.1) is 6.92 Å². The number of rotatable bonds is 5. The molecule has 0 bridgehead atoms. The van der Waals surface area contributed by atoms with E-state index in [-0.39, 0.29) is 23.5 Å². The van der Waals surface area contributed by atoms with Crippen LogP contribution in [0.15, 0.2) is 12.1 Å². The van der Waals surface area contributed by atoms with Crippen LogP contribution in [-0.4, -0.2) is 43.1 Å². The van der Waals surface area contributed by atoms with E-state index in [9.17, 15) is 9.90 Å². The van der Waals surface area contributed by atoms with E-state index in [4.69, 9.17) is 0 Å². The fourth-order valence-electron chi connectivity index (χ4n) is 2.26. The third-order valence-electron chi connectivity index (χ3n) is 3.61. The molecule has 0 heterocycles. The van der Waals surface area contributed by atoms with E-state index >= 15 is 0 Å². The summed E-state index contributed by atoms with van der Waals surface area (Å²) in [5.74, 6) is 0.273. The lowest BCUT2D eigenvalue weighted by Gasteiger charge is -2.23. The summed E-state index contributed by atoms with van der Waals surface area (Å²) in [7, 11) is 3.65. The summed E-state index contributed by atoms with van der Waals surface area (Å²) in [4.78, 5) is 13.9. The number of likely N-dealkylation sites (N-methyl/N-ethyl adjacent to an activating group) is 2. The van der Waals surface area contributed by atoms with Gasteiger partial charge in [0.15, 0.2) is 0 Å². The van der Waals surface area contributed by atoms with Gasteiger partial charge in [-0.3, -0.25) is 4.79 Å². The van der Waals surface area contributed by atoms with Gasteiger partial charge in [0.05, 0.1) is 6.42 Å². The van der Waals surface area contributed by atoms with Gasteiger partial charge < -0.3 is 15.3 Å². The molecule has 0 radical (unpaired) electrons. The summed E-state index contributed by atoms with van der Waals surface area (Å²) in [6.45, 7) is 9.60. The predicted molar refractivity (Wildman–Crippen MR) is 86.8 cm³/mol. The van der Waals surface area contributed by atoms with E-state index < -0.39 is 0 Å². The SMILES string of the molecule is CNCCN(C)C(=O)Cc1cc(C)cc(C(C)(C)C)c1O. The predicted octanol–water partition coefficient (Wildman–Crippen LogP) is 2.22. The van der Waals surface area contributed by atoms with Crippen LogP contribution in [0.2, 0.25) is 0 Å². The highest BCUT2D eigenvalue weighted by molar-refractivity contribution is 5.79. The number of hydrogen-bond donors (Lipinski definition) is 2. The maximum atomic E-state index is 12.2. The number of hydrogen-bond acceptors (Lipinski definition) is 3. The first-order valence-electron chi connectivity index (χ1n) is 7.38. The molecule has 0 aliphatic heterocycles. The van der Waals surface area contributed by atoms with Gasteiger partial charge in [0, 0.05) is 25.7 Å². The van der Waals surface area contributed by atoms with Crippen LogP contribution in [0.3, 0.4) is 0 Å². The maximum absolute atomic E-state index is 12.2. The summed E-state index contributed by atoms with van der Waals surface area (Å²) >= 11 is 0. The van der Waals surface area contributed by atoms with Gasteiger partial charge in [-0.1, -0.05) is 38.5 Å². The Morgan fingerprint density at radius 1 is 1.33 bits per heavy atom. The van der Waals surface area contributed by atoms with Crippen molar-refractivity contribution < 1.29 is 9.90 Å². The summed E-state index contributed by atoms with van der Waals surface area (Å²) in [5, 5.41) is 13.5. The second kappa shape index (κ2) is 6.94. The van der Waals surface area contributed by atoms with E-state index in [1.165, 1.54) is 0 Å². The summed E-state index contributed by atoms with van der Waals surface area (Å²) in [5.41, 5.74) is 2.52. The number of nitrogens with zero attached hydrogens (tertiary/aromatic N) is 1. The Hall–Kier alpha value is -1.55. The van der Waals surface area contributed by atoms with Crippen molar-refractivity contribution in [2.24, 2.45) is 0 Å². The second-order valence-corrected chi connectivity index (χ2v) is 6.67. The Kier molecular flexibility index (Phi) is 5.78. The molecule has 1 aromatic carbocycles. The van der Waals surface area contributed by atoms with Gasteiger partial charge in [0.1, 0.15) is 5.75 Å². The second-order valence-electron chi connectivity index (χ2n) is 6.67. The Morgan fingerprint density at radius 2 is 1.95 bits per heavy atom. The number of phenols is 1. The number of amides is 1. The zero-order chi connectivity index (χ0) is 16.2. The largest absolute Gasteiger partial charge is 0.507 e. The topological polar surface area (TPSA) is 52.6 Å². The van der Waals surface area contributed by atoms with Crippen LogP contribution in [-0.2, 0) is 16.6 Å². The fourth-order valence-corrected chi connectivity index (χ4v) is 2.26. The van der Waals surface area contributed by atoms with Gasteiger partial charge in [-0.15, -0.1) is 0 Å². The molecule has 0 atom stereocenters.